The van der Waals surface area contributed by atoms with E-state index in [0.717, 1.165) is 18.2 Å². The van der Waals surface area contributed by atoms with Gasteiger partial charge in [0.25, 0.3) is 0 Å². The van der Waals surface area contributed by atoms with Crippen molar-refractivity contribution in [2.45, 2.75) is 32.7 Å². The van der Waals surface area contributed by atoms with Crippen LogP contribution in [-0.4, -0.2) is 54.9 Å². The maximum Gasteiger partial charge on any atom is 0.0225 e. The van der Waals surface area contributed by atoms with Crippen LogP contribution in [-0.2, 0) is 0 Å². The molecule has 2 atom stereocenters. The third-order valence-electron chi connectivity index (χ3n) is 3.58. The topological polar surface area (TPSA) is 6.48 Å². The molecule has 0 bridgehead atoms. The number of rotatable bonds is 5. The number of alkyl halides is 1. The molecule has 0 aliphatic carbocycles. The van der Waals surface area contributed by atoms with Crippen LogP contribution in [0.25, 0.3) is 0 Å². The zero-order valence-electron chi connectivity index (χ0n) is 10.4. The summed E-state index contributed by atoms with van der Waals surface area (Å²) in [6.45, 7) is 9.54. The Bertz CT molecular complexity index is 175. The Morgan fingerprint density at radius 1 is 1.33 bits per heavy atom. The second-order valence-electron chi connectivity index (χ2n) is 5.00. The standard InChI is InChI=1S/C12H25ClN2/c1-11(4-6-13)5-7-15-9-8-14(3)12(2)10-15/h11-12H,4-10H2,1-3H3. The molecule has 0 aromatic carbocycles. The summed E-state index contributed by atoms with van der Waals surface area (Å²) in [6, 6.07) is 0.710. The molecule has 0 radical (unpaired) electrons. The fraction of sp³-hybridized carbons (Fsp3) is 1.00. The third kappa shape index (κ3) is 4.71. The minimum atomic E-state index is 0.710. The molecule has 0 amide bonds. The van der Waals surface area contributed by atoms with Gasteiger partial charge >= 0.3 is 0 Å². The van der Waals surface area contributed by atoms with Crippen LogP contribution in [0.1, 0.15) is 26.7 Å². The third-order valence-corrected chi connectivity index (χ3v) is 3.80. The molecular weight excluding hydrogens is 208 g/mol. The Kier molecular flexibility index (Phi) is 5.95. The average molecular weight is 233 g/mol. The van der Waals surface area contributed by atoms with Crippen LogP contribution in [0.3, 0.4) is 0 Å². The number of piperazine rings is 1. The Morgan fingerprint density at radius 2 is 2.07 bits per heavy atom. The molecule has 1 aliphatic rings. The molecule has 1 aliphatic heterocycles. The predicted octanol–water partition coefficient (Wildman–Crippen LogP) is 2.28. The first kappa shape index (κ1) is 13.3. The lowest BCUT2D eigenvalue weighted by Crippen LogP contribution is -2.50. The summed E-state index contributed by atoms with van der Waals surface area (Å²) in [5.41, 5.74) is 0. The van der Waals surface area contributed by atoms with Gasteiger partial charge in [-0.1, -0.05) is 6.92 Å². The van der Waals surface area contributed by atoms with Crippen molar-refractivity contribution in [3.63, 3.8) is 0 Å². The Labute approximate surface area is 99.6 Å². The van der Waals surface area contributed by atoms with Crippen molar-refractivity contribution in [3.05, 3.63) is 0 Å². The summed E-state index contributed by atoms with van der Waals surface area (Å²) >= 11 is 5.74. The fourth-order valence-corrected chi connectivity index (χ4v) is 2.43. The van der Waals surface area contributed by atoms with E-state index < -0.39 is 0 Å². The van der Waals surface area contributed by atoms with E-state index in [0.29, 0.717) is 6.04 Å². The maximum atomic E-state index is 5.74. The van der Waals surface area contributed by atoms with Crippen LogP contribution in [0.15, 0.2) is 0 Å². The molecule has 0 aromatic rings. The molecule has 0 spiro atoms. The number of hydrogen-bond acceptors (Lipinski definition) is 2. The van der Waals surface area contributed by atoms with Crippen molar-refractivity contribution >= 4 is 11.6 Å². The second kappa shape index (κ2) is 6.72. The van der Waals surface area contributed by atoms with Gasteiger partial charge in [0.05, 0.1) is 0 Å². The summed E-state index contributed by atoms with van der Waals surface area (Å²) in [4.78, 5) is 5.04. The molecule has 0 N–H and O–H groups in total. The van der Waals surface area contributed by atoms with Crippen molar-refractivity contribution < 1.29 is 0 Å². The monoisotopic (exact) mass is 232 g/mol. The van der Waals surface area contributed by atoms with E-state index in [9.17, 15) is 0 Å². The molecule has 2 unspecified atom stereocenters. The summed E-state index contributed by atoms with van der Waals surface area (Å²) in [5, 5.41) is 0. The second-order valence-corrected chi connectivity index (χ2v) is 5.38. The van der Waals surface area contributed by atoms with E-state index in [2.05, 4.69) is 30.7 Å². The first-order valence-corrected chi connectivity index (χ1v) is 6.65. The fourth-order valence-electron chi connectivity index (χ4n) is 2.06. The van der Waals surface area contributed by atoms with Crippen molar-refractivity contribution in [2.24, 2.45) is 5.92 Å². The highest BCUT2D eigenvalue weighted by Crippen LogP contribution is 2.12. The number of hydrogen-bond donors (Lipinski definition) is 0. The van der Waals surface area contributed by atoms with Gasteiger partial charge in [-0.3, -0.25) is 0 Å². The normalized spacial score (nSPS) is 26.8. The van der Waals surface area contributed by atoms with E-state index >= 15 is 0 Å². The first-order valence-electron chi connectivity index (χ1n) is 6.12. The van der Waals surface area contributed by atoms with E-state index in [1.807, 2.05) is 0 Å². The van der Waals surface area contributed by atoms with Crippen molar-refractivity contribution in [1.82, 2.24) is 9.80 Å². The maximum absolute atomic E-state index is 5.74. The van der Waals surface area contributed by atoms with Crippen molar-refractivity contribution in [1.29, 1.82) is 0 Å². The molecule has 3 heteroatoms. The number of nitrogens with zero attached hydrogens (tertiary/aromatic N) is 2. The van der Waals surface area contributed by atoms with Crippen LogP contribution in [0.4, 0.5) is 0 Å². The van der Waals surface area contributed by atoms with E-state index in [-0.39, 0.29) is 0 Å². The highest BCUT2D eigenvalue weighted by Gasteiger charge is 2.20. The van der Waals surface area contributed by atoms with Crippen LogP contribution in [0, 0.1) is 5.92 Å². The average Bonchev–Trinajstić information content (AvgIpc) is 2.20. The van der Waals surface area contributed by atoms with Gasteiger partial charge in [0.15, 0.2) is 0 Å². The minimum absolute atomic E-state index is 0.710. The highest BCUT2D eigenvalue weighted by atomic mass is 35.5. The zero-order valence-corrected chi connectivity index (χ0v) is 11.1. The van der Waals surface area contributed by atoms with Gasteiger partial charge in [0.2, 0.25) is 0 Å². The Morgan fingerprint density at radius 3 is 2.67 bits per heavy atom. The predicted molar refractivity (Wildman–Crippen MR) is 67.7 cm³/mol. The van der Waals surface area contributed by atoms with Gasteiger partial charge in [0, 0.05) is 31.6 Å². The van der Waals surface area contributed by atoms with Gasteiger partial charge in [-0.15, -0.1) is 11.6 Å². The molecule has 90 valence electrons. The molecule has 15 heavy (non-hydrogen) atoms. The summed E-state index contributed by atoms with van der Waals surface area (Å²) in [5.74, 6) is 1.58. The molecule has 1 saturated heterocycles. The summed E-state index contributed by atoms with van der Waals surface area (Å²) in [7, 11) is 2.22. The highest BCUT2D eigenvalue weighted by molar-refractivity contribution is 6.17. The lowest BCUT2D eigenvalue weighted by molar-refractivity contribution is 0.101. The van der Waals surface area contributed by atoms with Gasteiger partial charge in [0.1, 0.15) is 0 Å². The molecule has 2 nitrogen and oxygen atoms in total. The van der Waals surface area contributed by atoms with Gasteiger partial charge in [-0.25, -0.2) is 0 Å². The molecule has 0 aromatic heterocycles. The lowest BCUT2D eigenvalue weighted by atomic mass is 10.0. The van der Waals surface area contributed by atoms with Crippen LogP contribution in [0.2, 0.25) is 0 Å². The van der Waals surface area contributed by atoms with Crippen LogP contribution >= 0.6 is 11.6 Å². The first-order chi connectivity index (χ1) is 7.13. The molecule has 0 saturated carbocycles. The molecule has 1 heterocycles. The molecule has 1 rings (SSSR count). The number of halogens is 1. The summed E-state index contributed by atoms with van der Waals surface area (Å²) in [6.07, 6.45) is 2.45. The quantitative estimate of drug-likeness (QED) is 0.672. The van der Waals surface area contributed by atoms with E-state index in [1.165, 1.54) is 32.6 Å². The SMILES string of the molecule is CC(CCCl)CCN1CCN(C)C(C)C1. The van der Waals surface area contributed by atoms with Crippen LogP contribution < -0.4 is 0 Å². The van der Waals surface area contributed by atoms with Gasteiger partial charge < -0.3 is 9.80 Å². The zero-order chi connectivity index (χ0) is 11.3. The summed E-state index contributed by atoms with van der Waals surface area (Å²) < 4.78 is 0. The van der Waals surface area contributed by atoms with Crippen molar-refractivity contribution in [3.8, 4) is 0 Å². The lowest BCUT2D eigenvalue weighted by Gasteiger charge is -2.38. The smallest absolute Gasteiger partial charge is 0.0225 e. The Hall–Kier alpha value is 0.210. The van der Waals surface area contributed by atoms with E-state index in [1.54, 1.807) is 0 Å². The molecular formula is C12H25ClN2. The minimum Gasteiger partial charge on any atom is -0.301 e. The number of likely N-dealkylation sites (N-methyl/N-ethyl adjacent to an activating group) is 1. The van der Waals surface area contributed by atoms with Crippen molar-refractivity contribution in [2.75, 3.05) is 39.1 Å². The van der Waals surface area contributed by atoms with Gasteiger partial charge in [-0.2, -0.15) is 0 Å². The molecule has 1 fully saturated rings. The Balaban J connectivity index is 2.16. The van der Waals surface area contributed by atoms with E-state index in [4.69, 9.17) is 11.6 Å². The van der Waals surface area contributed by atoms with Crippen LogP contribution in [0.5, 0.6) is 0 Å². The van der Waals surface area contributed by atoms with Gasteiger partial charge in [-0.05, 0) is 39.3 Å². The largest absolute Gasteiger partial charge is 0.301 e.